The largest absolute Gasteiger partial charge is 0.347 e. The van der Waals surface area contributed by atoms with Crippen LogP contribution in [0.15, 0.2) is 53.6 Å². The van der Waals surface area contributed by atoms with E-state index in [-0.39, 0.29) is 41.1 Å². The third-order valence-electron chi connectivity index (χ3n) is 4.31. The van der Waals surface area contributed by atoms with Gasteiger partial charge in [-0.3, -0.25) is 14.2 Å². The fraction of sp³-hybridized carbons (Fsp3) is 0.250. The topological polar surface area (TPSA) is 64.0 Å². The standard InChI is InChI=1S/C20H19F2N3O2/c1-12(2)19(13-3-5-14(21)6-4-13)24-18(26)10-25-11-23-17-9-15(22)7-8-16(17)20(25)27/h3-9,11-12,19H,10H2,1-2H3,(H,24,26). The zero-order chi connectivity index (χ0) is 19.6. The average Bonchev–Trinajstić information content (AvgIpc) is 2.63. The molecule has 1 aromatic heterocycles. The molecule has 1 unspecified atom stereocenters. The van der Waals surface area contributed by atoms with Gasteiger partial charge in [0, 0.05) is 6.07 Å². The number of nitrogens with zero attached hydrogens (tertiary/aromatic N) is 2. The summed E-state index contributed by atoms with van der Waals surface area (Å²) >= 11 is 0. The summed E-state index contributed by atoms with van der Waals surface area (Å²) in [5, 5.41) is 3.12. The second-order valence-corrected chi connectivity index (χ2v) is 6.68. The van der Waals surface area contributed by atoms with Gasteiger partial charge in [0.1, 0.15) is 18.2 Å². The molecule has 7 heteroatoms. The van der Waals surface area contributed by atoms with E-state index in [9.17, 15) is 18.4 Å². The van der Waals surface area contributed by atoms with Gasteiger partial charge in [-0.15, -0.1) is 0 Å². The predicted octanol–water partition coefficient (Wildman–Crippen LogP) is 3.19. The maximum absolute atomic E-state index is 13.2. The fourth-order valence-corrected chi connectivity index (χ4v) is 2.92. The first-order valence-corrected chi connectivity index (χ1v) is 8.54. The number of aromatic nitrogens is 2. The second kappa shape index (κ2) is 7.65. The molecule has 0 aliphatic heterocycles. The Bertz CT molecular complexity index is 1030. The van der Waals surface area contributed by atoms with Crippen LogP contribution in [0.2, 0.25) is 0 Å². The summed E-state index contributed by atoms with van der Waals surface area (Å²) in [6.07, 6.45) is 1.23. The third-order valence-corrected chi connectivity index (χ3v) is 4.31. The Balaban J connectivity index is 1.81. The molecule has 140 valence electrons. The summed E-state index contributed by atoms with van der Waals surface area (Å²) in [6, 6.07) is 9.31. The van der Waals surface area contributed by atoms with Gasteiger partial charge in [-0.2, -0.15) is 0 Å². The summed E-state index contributed by atoms with van der Waals surface area (Å²) in [7, 11) is 0. The number of fused-ring (bicyclic) bond motifs is 1. The lowest BCUT2D eigenvalue weighted by atomic mass is 9.96. The van der Waals surface area contributed by atoms with Crippen LogP contribution in [0.3, 0.4) is 0 Å². The Hall–Kier alpha value is -3.09. The molecule has 5 nitrogen and oxygen atoms in total. The van der Waals surface area contributed by atoms with Crippen molar-refractivity contribution in [1.29, 1.82) is 0 Å². The summed E-state index contributed by atoms with van der Waals surface area (Å²) < 4.78 is 27.6. The molecule has 0 saturated heterocycles. The summed E-state index contributed by atoms with van der Waals surface area (Å²) in [5.74, 6) is -1.14. The molecule has 3 rings (SSSR count). The van der Waals surface area contributed by atoms with E-state index in [0.717, 1.165) is 5.56 Å². The first-order valence-electron chi connectivity index (χ1n) is 8.54. The normalized spacial score (nSPS) is 12.3. The van der Waals surface area contributed by atoms with Gasteiger partial charge < -0.3 is 5.32 Å². The number of benzene rings is 2. The van der Waals surface area contributed by atoms with E-state index in [1.807, 2.05) is 13.8 Å². The Kier molecular flexibility index (Phi) is 5.30. The molecule has 3 aromatic rings. The molecule has 0 fully saturated rings. The minimum absolute atomic E-state index is 0.0637. The van der Waals surface area contributed by atoms with E-state index >= 15 is 0 Å². The second-order valence-electron chi connectivity index (χ2n) is 6.68. The number of carbonyl (C=O) groups is 1. The van der Waals surface area contributed by atoms with Crippen LogP contribution in [-0.4, -0.2) is 15.5 Å². The van der Waals surface area contributed by atoms with Gasteiger partial charge in [0.15, 0.2) is 0 Å². The summed E-state index contributed by atoms with van der Waals surface area (Å²) in [5.41, 5.74) is 0.597. The van der Waals surface area contributed by atoms with Crippen molar-refractivity contribution in [2.24, 2.45) is 5.92 Å². The molecule has 1 N–H and O–H groups in total. The van der Waals surface area contributed by atoms with Gasteiger partial charge in [-0.25, -0.2) is 13.8 Å². The first kappa shape index (κ1) is 18.7. The van der Waals surface area contributed by atoms with Crippen LogP contribution in [0.25, 0.3) is 10.9 Å². The van der Waals surface area contributed by atoms with Crippen LogP contribution >= 0.6 is 0 Å². The molecule has 0 aliphatic carbocycles. The molecule has 27 heavy (non-hydrogen) atoms. The Morgan fingerprint density at radius 3 is 2.44 bits per heavy atom. The Morgan fingerprint density at radius 1 is 1.11 bits per heavy atom. The van der Waals surface area contributed by atoms with Gasteiger partial charge >= 0.3 is 0 Å². The van der Waals surface area contributed by atoms with E-state index in [0.29, 0.717) is 0 Å². The maximum atomic E-state index is 13.2. The minimum Gasteiger partial charge on any atom is -0.347 e. The van der Waals surface area contributed by atoms with Crippen molar-refractivity contribution in [3.8, 4) is 0 Å². The summed E-state index contributed by atoms with van der Waals surface area (Å²) in [6.45, 7) is 3.66. The van der Waals surface area contributed by atoms with Gasteiger partial charge in [-0.05, 0) is 35.7 Å². The number of halogens is 2. The molecule has 2 aromatic carbocycles. The molecule has 0 saturated carbocycles. The van der Waals surface area contributed by atoms with Gasteiger partial charge in [0.05, 0.1) is 23.3 Å². The molecule has 0 radical (unpaired) electrons. The van der Waals surface area contributed by atoms with Crippen LogP contribution in [0.5, 0.6) is 0 Å². The zero-order valence-electron chi connectivity index (χ0n) is 14.9. The van der Waals surface area contributed by atoms with Gasteiger partial charge in [0.25, 0.3) is 5.56 Å². The molecule has 1 atom stereocenters. The molecule has 1 amide bonds. The highest BCUT2D eigenvalue weighted by Crippen LogP contribution is 2.22. The highest BCUT2D eigenvalue weighted by molar-refractivity contribution is 5.79. The number of carbonyl (C=O) groups excluding carboxylic acids is 1. The van der Waals surface area contributed by atoms with Crippen molar-refractivity contribution in [1.82, 2.24) is 14.9 Å². The van der Waals surface area contributed by atoms with Crippen LogP contribution in [0, 0.1) is 17.6 Å². The van der Waals surface area contributed by atoms with Crippen LogP contribution in [-0.2, 0) is 11.3 Å². The molecule has 1 heterocycles. The first-order chi connectivity index (χ1) is 12.8. The lowest BCUT2D eigenvalue weighted by molar-refractivity contribution is -0.122. The average molecular weight is 371 g/mol. The lowest BCUT2D eigenvalue weighted by Gasteiger charge is -2.23. The van der Waals surface area contributed by atoms with Crippen LogP contribution < -0.4 is 10.9 Å². The van der Waals surface area contributed by atoms with Crippen molar-refractivity contribution in [2.75, 3.05) is 0 Å². The molecule has 0 spiro atoms. The fourth-order valence-electron chi connectivity index (χ4n) is 2.92. The number of hydrogen-bond donors (Lipinski definition) is 1. The Morgan fingerprint density at radius 2 is 1.78 bits per heavy atom. The van der Waals surface area contributed by atoms with E-state index in [1.165, 1.54) is 41.2 Å². The highest BCUT2D eigenvalue weighted by atomic mass is 19.1. The number of nitrogens with one attached hydrogen (secondary N) is 1. The summed E-state index contributed by atoms with van der Waals surface area (Å²) in [4.78, 5) is 29.0. The SMILES string of the molecule is CC(C)C(NC(=O)Cn1cnc2cc(F)ccc2c1=O)c1ccc(F)cc1. The van der Waals surface area contributed by atoms with Gasteiger partial charge in [-0.1, -0.05) is 26.0 Å². The van der Waals surface area contributed by atoms with E-state index < -0.39 is 11.4 Å². The predicted molar refractivity (Wildman–Crippen MR) is 98.1 cm³/mol. The van der Waals surface area contributed by atoms with Gasteiger partial charge in [0.2, 0.25) is 5.91 Å². The molecule has 0 aliphatic rings. The zero-order valence-corrected chi connectivity index (χ0v) is 14.9. The smallest absolute Gasteiger partial charge is 0.261 e. The quantitative estimate of drug-likeness (QED) is 0.749. The minimum atomic E-state index is -0.482. The van der Waals surface area contributed by atoms with Crippen molar-refractivity contribution < 1.29 is 13.6 Å². The number of hydrogen-bond acceptors (Lipinski definition) is 3. The van der Waals surface area contributed by atoms with Crippen LogP contribution in [0.1, 0.15) is 25.5 Å². The number of amides is 1. The lowest BCUT2D eigenvalue weighted by Crippen LogP contribution is -2.36. The van der Waals surface area contributed by atoms with Crippen molar-refractivity contribution >= 4 is 16.8 Å². The highest BCUT2D eigenvalue weighted by Gasteiger charge is 2.19. The van der Waals surface area contributed by atoms with Crippen LogP contribution in [0.4, 0.5) is 8.78 Å². The molecular formula is C20H19F2N3O2. The third kappa shape index (κ3) is 4.19. The van der Waals surface area contributed by atoms with E-state index in [1.54, 1.807) is 12.1 Å². The van der Waals surface area contributed by atoms with Crippen molar-refractivity contribution in [2.45, 2.75) is 26.4 Å². The van der Waals surface area contributed by atoms with Crippen molar-refractivity contribution in [3.05, 3.63) is 76.3 Å². The van der Waals surface area contributed by atoms with Crippen molar-refractivity contribution in [3.63, 3.8) is 0 Å². The van der Waals surface area contributed by atoms with E-state index in [2.05, 4.69) is 10.3 Å². The Labute approximate surface area is 154 Å². The maximum Gasteiger partial charge on any atom is 0.261 e. The van der Waals surface area contributed by atoms with E-state index in [4.69, 9.17) is 0 Å². The molecular weight excluding hydrogens is 352 g/mol. The molecule has 0 bridgehead atoms. The monoisotopic (exact) mass is 371 g/mol. The number of rotatable bonds is 5.